The molecule has 1 aliphatic rings. The number of anilines is 1. The Bertz CT molecular complexity index is 668. The summed E-state index contributed by atoms with van der Waals surface area (Å²) < 4.78 is 0. The Morgan fingerprint density at radius 2 is 2.30 bits per heavy atom. The van der Waals surface area contributed by atoms with Crippen molar-refractivity contribution in [3.05, 3.63) is 16.8 Å². The van der Waals surface area contributed by atoms with Gasteiger partial charge in [0.15, 0.2) is 5.16 Å². The van der Waals surface area contributed by atoms with Crippen LogP contribution in [0.5, 0.6) is 0 Å². The number of amides is 1. The molecular weight excluding hydrogens is 292 g/mol. The van der Waals surface area contributed by atoms with Gasteiger partial charge in [0.05, 0.1) is 21.8 Å². The van der Waals surface area contributed by atoms with Crippen molar-refractivity contribution in [1.29, 1.82) is 0 Å². The van der Waals surface area contributed by atoms with E-state index >= 15 is 0 Å². The minimum absolute atomic E-state index is 0.103. The number of aryl methyl sites for hydroxylation is 1. The summed E-state index contributed by atoms with van der Waals surface area (Å²) in [6.45, 7) is 3.56. The van der Waals surface area contributed by atoms with Crippen molar-refractivity contribution in [3.63, 3.8) is 0 Å². The predicted molar refractivity (Wildman–Crippen MR) is 81.2 cm³/mol. The molecule has 20 heavy (non-hydrogen) atoms. The zero-order chi connectivity index (χ0) is 14.1. The first-order chi connectivity index (χ1) is 9.69. The van der Waals surface area contributed by atoms with E-state index < -0.39 is 0 Å². The summed E-state index contributed by atoms with van der Waals surface area (Å²) >= 11 is 3.18. The average Bonchev–Trinajstić information content (AvgIpc) is 2.87. The van der Waals surface area contributed by atoms with E-state index in [1.165, 1.54) is 6.92 Å². The fourth-order valence-electron chi connectivity index (χ4n) is 2.24. The maximum absolute atomic E-state index is 11.4. The number of carbonyl (C=O) groups excluding carboxylic acids is 1. The summed E-state index contributed by atoms with van der Waals surface area (Å²) in [6.07, 6.45) is 1.70. The van der Waals surface area contributed by atoms with Crippen LogP contribution in [0.1, 0.15) is 25.1 Å². The molecule has 1 aliphatic carbocycles. The van der Waals surface area contributed by atoms with Gasteiger partial charge in [0.1, 0.15) is 5.82 Å². The van der Waals surface area contributed by atoms with Crippen LogP contribution in [0.15, 0.2) is 10.7 Å². The first kappa shape index (κ1) is 13.5. The van der Waals surface area contributed by atoms with Crippen molar-refractivity contribution in [2.75, 3.05) is 11.1 Å². The van der Waals surface area contributed by atoms with E-state index in [1.54, 1.807) is 23.1 Å². The Labute approximate surface area is 125 Å². The number of nitrogens with zero attached hydrogens (tertiary/aromatic N) is 3. The molecule has 2 heterocycles. The molecule has 1 amide bonds. The molecule has 0 aliphatic heterocycles. The lowest BCUT2D eigenvalue weighted by atomic mass is 9.98. The molecule has 0 radical (unpaired) electrons. The Hall–Kier alpha value is -1.47. The molecule has 0 saturated carbocycles. The van der Waals surface area contributed by atoms with Gasteiger partial charge in [0.2, 0.25) is 5.91 Å². The van der Waals surface area contributed by atoms with Gasteiger partial charge in [-0.2, -0.15) is 0 Å². The highest BCUT2D eigenvalue weighted by Gasteiger charge is 2.24. The SMILES string of the molecule is CCSc1nc(NC(C)=O)c2c(n1)-c1scnc1CC2. The van der Waals surface area contributed by atoms with Gasteiger partial charge in [0, 0.05) is 12.5 Å². The number of thioether (sulfide) groups is 1. The van der Waals surface area contributed by atoms with Crippen LogP contribution in [-0.4, -0.2) is 26.6 Å². The van der Waals surface area contributed by atoms with E-state index in [2.05, 4.69) is 27.2 Å². The average molecular weight is 306 g/mol. The summed E-state index contributed by atoms with van der Waals surface area (Å²) in [5.41, 5.74) is 4.91. The summed E-state index contributed by atoms with van der Waals surface area (Å²) in [7, 11) is 0. The van der Waals surface area contributed by atoms with E-state index in [9.17, 15) is 4.79 Å². The third-order valence-corrected chi connectivity index (χ3v) is 4.63. The van der Waals surface area contributed by atoms with E-state index in [4.69, 9.17) is 0 Å². The third kappa shape index (κ3) is 2.43. The van der Waals surface area contributed by atoms with Crippen LogP contribution in [0.2, 0.25) is 0 Å². The Morgan fingerprint density at radius 3 is 3.05 bits per heavy atom. The third-order valence-electron chi connectivity index (χ3n) is 3.02. The smallest absolute Gasteiger partial charge is 0.222 e. The van der Waals surface area contributed by atoms with E-state index in [0.29, 0.717) is 11.0 Å². The molecule has 7 heteroatoms. The summed E-state index contributed by atoms with van der Waals surface area (Å²) in [4.78, 5) is 26.0. The van der Waals surface area contributed by atoms with Crippen molar-refractivity contribution in [1.82, 2.24) is 15.0 Å². The van der Waals surface area contributed by atoms with Crippen molar-refractivity contribution in [2.45, 2.75) is 31.8 Å². The highest BCUT2D eigenvalue weighted by atomic mass is 32.2. The summed E-state index contributed by atoms with van der Waals surface area (Å²) in [6, 6.07) is 0. The normalized spacial score (nSPS) is 12.7. The number of thiazole rings is 1. The van der Waals surface area contributed by atoms with Crippen LogP contribution in [0.4, 0.5) is 5.82 Å². The molecule has 0 spiro atoms. The van der Waals surface area contributed by atoms with Gasteiger partial charge >= 0.3 is 0 Å². The number of hydrogen-bond acceptors (Lipinski definition) is 6. The van der Waals surface area contributed by atoms with Crippen LogP contribution < -0.4 is 5.32 Å². The minimum atomic E-state index is -0.103. The van der Waals surface area contributed by atoms with Gasteiger partial charge < -0.3 is 5.32 Å². The monoisotopic (exact) mass is 306 g/mol. The lowest BCUT2D eigenvalue weighted by Gasteiger charge is -2.18. The molecule has 3 rings (SSSR count). The van der Waals surface area contributed by atoms with E-state index in [1.807, 2.05) is 5.51 Å². The number of fused-ring (bicyclic) bond motifs is 3. The van der Waals surface area contributed by atoms with Crippen LogP contribution in [0.3, 0.4) is 0 Å². The van der Waals surface area contributed by atoms with Gasteiger partial charge in [-0.3, -0.25) is 4.79 Å². The van der Waals surface area contributed by atoms with Crippen LogP contribution in [-0.2, 0) is 17.6 Å². The second-order valence-electron chi connectivity index (χ2n) is 4.42. The van der Waals surface area contributed by atoms with Crippen LogP contribution in [0, 0.1) is 0 Å². The minimum Gasteiger partial charge on any atom is -0.311 e. The Morgan fingerprint density at radius 1 is 1.45 bits per heavy atom. The topological polar surface area (TPSA) is 67.8 Å². The van der Waals surface area contributed by atoms with E-state index in [0.717, 1.165) is 40.4 Å². The standard InChI is InChI=1S/C13H14N4OS2/c1-3-19-13-16-10-8(12(17-13)15-7(2)18)4-5-9-11(10)20-6-14-9/h6H,3-5H2,1-2H3,(H,15,16,17,18). The Balaban J connectivity index is 2.15. The lowest BCUT2D eigenvalue weighted by molar-refractivity contribution is -0.114. The predicted octanol–water partition coefficient (Wildman–Crippen LogP) is 2.77. The molecule has 0 atom stereocenters. The zero-order valence-corrected chi connectivity index (χ0v) is 12.9. The fraction of sp³-hybridized carbons (Fsp3) is 0.385. The first-order valence-corrected chi connectivity index (χ1v) is 8.29. The number of rotatable bonds is 3. The first-order valence-electron chi connectivity index (χ1n) is 6.43. The van der Waals surface area contributed by atoms with E-state index in [-0.39, 0.29) is 5.91 Å². The van der Waals surface area contributed by atoms with Crippen molar-refractivity contribution in [3.8, 4) is 10.6 Å². The highest BCUT2D eigenvalue weighted by Crippen LogP contribution is 2.38. The number of aromatic nitrogens is 3. The summed E-state index contributed by atoms with van der Waals surface area (Å²) in [5.74, 6) is 1.44. The fourth-order valence-corrected chi connectivity index (χ4v) is 3.66. The molecule has 0 fully saturated rings. The Kier molecular flexibility index (Phi) is 3.71. The molecule has 0 unspecified atom stereocenters. The van der Waals surface area contributed by atoms with Gasteiger partial charge in [0.25, 0.3) is 0 Å². The molecule has 2 aromatic heterocycles. The van der Waals surface area contributed by atoms with Gasteiger partial charge in [-0.25, -0.2) is 15.0 Å². The number of carbonyl (C=O) groups is 1. The largest absolute Gasteiger partial charge is 0.311 e. The molecule has 2 aromatic rings. The molecular formula is C13H14N4OS2. The number of hydrogen-bond donors (Lipinski definition) is 1. The second kappa shape index (κ2) is 5.49. The zero-order valence-electron chi connectivity index (χ0n) is 11.3. The van der Waals surface area contributed by atoms with Crippen LogP contribution in [0.25, 0.3) is 10.6 Å². The molecule has 0 saturated heterocycles. The second-order valence-corrected chi connectivity index (χ2v) is 6.51. The summed E-state index contributed by atoms with van der Waals surface area (Å²) in [5, 5.41) is 3.54. The van der Waals surface area contributed by atoms with Gasteiger partial charge in [-0.1, -0.05) is 18.7 Å². The number of nitrogens with one attached hydrogen (secondary N) is 1. The van der Waals surface area contributed by atoms with Crippen LogP contribution >= 0.6 is 23.1 Å². The lowest BCUT2D eigenvalue weighted by Crippen LogP contribution is -2.15. The maximum atomic E-state index is 11.4. The maximum Gasteiger partial charge on any atom is 0.222 e. The molecule has 104 valence electrons. The van der Waals surface area contributed by atoms with Crippen molar-refractivity contribution < 1.29 is 4.79 Å². The quantitative estimate of drug-likeness (QED) is 0.697. The molecule has 0 bridgehead atoms. The van der Waals surface area contributed by atoms with Gasteiger partial charge in [-0.15, -0.1) is 11.3 Å². The molecule has 5 nitrogen and oxygen atoms in total. The van der Waals surface area contributed by atoms with Gasteiger partial charge in [-0.05, 0) is 18.6 Å². The van der Waals surface area contributed by atoms with Crippen molar-refractivity contribution in [2.24, 2.45) is 0 Å². The highest BCUT2D eigenvalue weighted by molar-refractivity contribution is 7.99. The molecule has 1 N–H and O–H groups in total. The molecule has 0 aromatic carbocycles. The van der Waals surface area contributed by atoms with Crippen molar-refractivity contribution >= 4 is 34.8 Å².